The highest BCUT2D eigenvalue weighted by Gasteiger charge is 2.13. The Bertz CT molecular complexity index is 521. The third-order valence-corrected chi connectivity index (χ3v) is 3.74. The van der Waals surface area contributed by atoms with Gasteiger partial charge in [0.1, 0.15) is 5.75 Å². The maximum atomic E-state index is 9.34. The first-order valence-electron chi connectivity index (χ1n) is 7.78. The molecule has 2 nitrogen and oxygen atoms in total. The van der Waals surface area contributed by atoms with E-state index in [1.807, 2.05) is 12.1 Å². The number of benzene rings is 2. The van der Waals surface area contributed by atoms with Crippen LogP contribution < -0.4 is 5.32 Å². The molecule has 2 N–H and O–H groups in total. The molecule has 2 heteroatoms. The van der Waals surface area contributed by atoms with Gasteiger partial charge in [-0.2, -0.15) is 0 Å². The Morgan fingerprint density at radius 3 is 2.29 bits per heavy atom. The van der Waals surface area contributed by atoms with E-state index in [0.717, 1.165) is 12.8 Å². The summed E-state index contributed by atoms with van der Waals surface area (Å²) in [6.07, 6.45) is 3.27. The van der Waals surface area contributed by atoms with Gasteiger partial charge in [0.15, 0.2) is 0 Å². The summed E-state index contributed by atoms with van der Waals surface area (Å²) in [4.78, 5) is 0. The van der Waals surface area contributed by atoms with Crippen molar-refractivity contribution >= 4 is 0 Å². The van der Waals surface area contributed by atoms with Crippen molar-refractivity contribution in [1.29, 1.82) is 0 Å². The van der Waals surface area contributed by atoms with Gasteiger partial charge in [-0.25, -0.2) is 0 Å². The molecule has 112 valence electrons. The zero-order chi connectivity index (χ0) is 15.1. The lowest BCUT2D eigenvalue weighted by molar-refractivity contribution is 0.428. The first-order valence-corrected chi connectivity index (χ1v) is 7.78. The van der Waals surface area contributed by atoms with Gasteiger partial charge in [0.2, 0.25) is 0 Å². The molecule has 0 aromatic heterocycles. The van der Waals surface area contributed by atoms with Crippen LogP contribution in [0.3, 0.4) is 0 Å². The summed E-state index contributed by atoms with van der Waals surface area (Å²) in [7, 11) is 0. The van der Waals surface area contributed by atoms with Crippen LogP contribution in [0, 0.1) is 0 Å². The lowest BCUT2D eigenvalue weighted by Crippen LogP contribution is -2.32. The molecule has 0 saturated heterocycles. The highest BCUT2D eigenvalue weighted by molar-refractivity contribution is 5.26. The average Bonchev–Trinajstić information content (AvgIpc) is 2.50. The van der Waals surface area contributed by atoms with Gasteiger partial charge in [-0.05, 0) is 43.0 Å². The SMILES string of the molecule is CCCC(NC(C)Cc1ccc(O)cc1)c1ccccc1. The molecule has 0 aliphatic heterocycles. The Labute approximate surface area is 127 Å². The molecule has 21 heavy (non-hydrogen) atoms. The molecular weight excluding hydrogens is 258 g/mol. The van der Waals surface area contributed by atoms with Crippen LogP contribution in [0.25, 0.3) is 0 Å². The fraction of sp³-hybridized carbons (Fsp3) is 0.368. The van der Waals surface area contributed by atoms with Crippen molar-refractivity contribution in [2.24, 2.45) is 0 Å². The molecule has 0 spiro atoms. The van der Waals surface area contributed by atoms with E-state index in [9.17, 15) is 5.11 Å². The zero-order valence-corrected chi connectivity index (χ0v) is 12.9. The van der Waals surface area contributed by atoms with Crippen molar-refractivity contribution in [3.05, 3.63) is 65.7 Å². The van der Waals surface area contributed by atoms with Crippen LogP contribution in [0.4, 0.5) is 0 Å². The summed E-state index contributed by atoms with van der Waals surface area (Å²) >= 11 is 0. The zero-order valence-electron chi connectivity index (χ0n) is 12.9. The van der Waals surface area contributed by atoms with Gasteiger partial charge < -0.3 is 10.4 Å². The van der Waals surface area contributed by atoms with E-state index in [0.29, 0.717) is 17.8 Å². The van der Waals surface area contributed by atoms with E-state index in [2.05, 4.69) is 49.5 Å². The summed E-state index contributed by atoms with van der Waals surface area (Å²) in [5, 5.41) is 13.1. The van der Waals surface area contributed by atoms with Gasteiger partial charge in [-0.3, -0.25) is 0 Å². The molecule has 0 heterocycles. The smallest absolute Gasteiger partial charge is 0.115 e. The molecule has 0 aliphatic rings. The molecule has 2 unspecified atom stereocenters. The summed E-state index contributed by atoms with van der Waals surface area (Å²) in [6, 6.07) is 18.9. The second kappa shape index (κ2) is 7.84. The highest BCUT2D eigenvalue weighted by Crippen LogP contribution is 2.20. The Kier molecular flexibility index (Phi) is 5.82. The van der Waals surface area contributed by atoms with E-state index in [1.54, 1.807) is 12.1 Å². The molecule has 0 aliphatic carbocycles. The lowest BCUT2D eigenvalue weighted by Gasteiger charge is -2.23. The van der Waals surface area contributed by atoms with Gasteiger partial charge in [-0.1, -0.05) is 55.8 Å². The Balaban J connectivity index is 1.98. The van der Waals surface area contributed by atoms with E-state index in [1.165, 1.54) is 17.5 Å². The van der Waals surface area contributed by atoms with E-state index < -0.39 is 0 Å². The van der Waals surface area contributed by atoms with Crippen molar-refractivity contribution in [1.82, 2.24) is 5.32 Å². The number of phenols is 1. The molecule has 0 radical (unpaired) electrons. The molecule has 2 atom stereocenters. The second-order valence-electron chi connectivity index (χ2n) is 5.69. The minimum Gasteiger partial charge on any atom is -0.508 e. The minimum atomic E-state index is 0.326. The van der Waals surface area contributed by atoms with Crippen molar-refractivity contribution in [3.8, 4) is 5.75 Å². The fourth-order valence-corrected chi connectivity index (χ4v) is 2.71. The van der Waals surface area contributed by atoms with Gasteiger partial charge >= 0.3 is 0 Å². The standard InChI is InChI=1S/C19H25NO/c1-3-7-19(17-8-5-4-6-9-17)20-15(2)14-16-10-12-18(21)13-11-16/h4-6,8-13,15,19-21H,3,7,14H2,1-2H3. The predicted octanol–water partition coefficient (Wildman–Crippen LogP) is 4.45. The van der Waals surface area contributed by atoms with Gasteiger partial charge in [0.25, 0.3) is 0 Å². The van der Waals surface area contributed by atoms with Gasteiger partial charge in [-0.15, -0.1) is 0 Å². The van der Waals surface area contributed by atoms with Crippen LogP contribution in [0.5, 0.6) is 5.75 Å². The largest absolute Gasteiger partial charge is 0.508 e. The number of phenolic OH excluding ortho intramolecular Hbond substituents is 1. The highest BCUT2D eigenvalue weighted by atomic mass is 16.3. The Hall–Kier alpha value is -1.80. The van der Waals surface area contributed by atoms with Crippen LogP contribution in [0.2, 0.25) is 0 Å². The van der Waals surface area contributed by atoms with Gasteiger partial charge in [0.05, 0.1) is 0 Å². The number of hydrogen-bond acceptors (Lipinski definition) is 2. The van der Waals surface area contributed by atoms with E-state index in [-0.39, 0.29) is 0 Å². The first kappa shape index (κ1) is 15.6. The maximum Gasteiger partial charge on any atom is 0.115 e. The summed E-state index contributed by atoms with van der Waals surface area (Å²) in [5.74, 6) is 0.326. The van der Waals surface area contributed by atoms with Crippen LogP contribution in [0.1, 0.15) is 43.9 Å². The van der Waals surface area contributed by atoms with Crippen molar-refractivity contribution < 1.29 is 5.11 Å². The number of hydrogen-bond donors (Lipinski definition) is 2. The van der Waals surface area contributed by atoms with Crippen LogP contribution in [0.15, 0.2) is 54.6 Å². The minimum absolute atomic E-state index is 0.326. The number of nitrogens with one attached hydrogen (secondary N) is 1. The van der Waals surface area contributed by atoms with Crippen molar-refractivity contribution in [2.45, 2.75) is 45.2 Å². The maximum absolute atomic E-state index is 9.34. The van der Waals surface area contributed by atoms with Gasteiger partial charge in [0, 0.05) is 12.1 Å². The molecule has 0 saturated carbocycles. The normalized spacial score (nSPS) is 13.8. The average molecular weight is 283 g/mol. The van der Waals surface area contributed by atoms with E-state index >= 15 is 0 Å². The third-order valence-electron chi connectivity index (χ3n) is 3.74. The molecule has 2 aromatic rings. The second-order valence-corrected chi connectivity index (χ2v) is 5.69. The molecule has 0 amide bonds. The molecule has 2 rings (SSSR count). The monoisotopic (exact) mass is 283 g/mol. The third kappa shape index (κ3) is 4.91. The topological polar surface area (TPSA) is 32.3 Å². The summed E-state index contributed by atoms with van der Waals surface area (Å²) in [5.41, 5.74) is 2.60. The van der Waals surface area contributed by atoms with Crippen molar-refractivity contribution in [2.75, 3.05) is 0 Å². The lowest BCUT2D eigenvalue weighted by atomic mass is 9.99. The van der Waals surface area contributed by atoms with Crippen molar-refractivity contribution in [3.63, 3.8) is 0 Å². The summed E-state index contributed by atoms with van der Waals surface area (Å²) in [6.45, 7) is 4.45. The Morgan fingerprint density at radius 2 is 1.67 bits per heavy atom. The van der Waals surface area contributed by atoms with Crippen LogP contribution in [-0.4, -0.2) is 11.1 Å². The quantitative estimate of drug-likeness (QED) is 0.786. The molecule has 0 bridgehead atoms. The predicted molar refractivity (Wildman–Crippen MR) is 88.5 cm³/mol. The molecule has 0 fully saturated rings. The molecular formula is C19H25NO. The number of rotatable bonds is 7. The van der Waals surface area contributed by atoms with Crippen LogP contribution >= 0.6 is 0 Å². The van der Waals surface area contributed by atoms with Crippen LogP contribution in [-0.2, 0) is 6.42 Å². The number of aromatic hydroxyl groups is 1. The Morgan fingerprint density at radius 1 is 1.00 bits per heavy atom. The summed E-state index contributed by atoms with van der Waals surface area (Å²) < 4.78 is 0. The van der Waals surface area contributed by atoms with E-state index in [4.69, 9.17) is 0 Å². The first-order chi connectivity index (χ1) is 10.2. The molecule has 2 aromatic carbocycles. The fourth-order valence-electron chi connectivity index (χ4n) is 2.71.